The van der Waals surface area contributed by atoms with Gasteiger partial charge in [-0.15, -0.1) is 0 Å². The second-order valence-corrected chi connectivity index (χ2v) is 4.04. The van der Waals surface area contributed by atoms with Crippen LogP contribution < -0.4 is 0 Å². The molecule has 3 unspecified atom stereocenters. The third-order valence-corrected chi connectivity index (χ3v) is 3.21. The summed E-state index contributed by atoms with van der Waals surface area (Å²) in [5.74, 6) is -0.182. The molecule has 2 aliphatic heterocycles. The molecular formula is C10H16O3. The van der Waals surface area contributed by atoms with Crippen molar-refractivity contribution in [1.82, 2.24) is 0 Å². The first-order valence-electron chi connectivity index (χ1n) is 5.01. The summed E-state index contributed by atoms with van der Waals surface area (Å²) in [4.78, 5) is 11.0. The van der Waals surface area contributed by atoms with Crippen LogP contribution >= 0.6 is 0 Å². The van der Waals surface area contributed by atoms with E-state index < -0.39 is 0 Å². The van der Waals surface area contributed by atoms with E-state index in [0.29, 0.717) is 6.10 Å². The van der Waals surface area contributed by atoms with Gasteiger partial charge in [-0.25, -0.2) is 0 Å². The molecule has 0 aliphatic carbocycles. The first kappa shape index (κ1) is 9.00. The van der Waals surface area contributed by atoms with E-state index in [1.165, 1.54) is 6.92 Å². The molecule has 0 N–H and O–H groups in total. The third kappa shape index (κ3) is 1.35. The minimum atomic E-state index is -0.297. The maximum absolute atomic E-state index is 11.0. The summed E-state index contributed by atoms with van der Waals surface area (Å²) < 4.78 is 11.1. The van der Waals surface area contributed by atoms with Crippen LogP contribution in [0.4, 0.5) is 0 Å². The van der Waals surface area contributed by atoms with Gasteiger partial charge in [-0.05, 0) is 19.3 Å². The lowest BCUT2D eigenvalue weighted by Gasteiger charge is -2.33. The Balaban J connectivity index is 2.12. The Kier molecular flexibility index (Phi) is 2.06. The van der Waals surface area contributed by atoms with Crippen molar-refractivity contribution in [2.24, 2.45) is 0 Å². The molecule has 3 nitrogen and oxygen atoms in total. The van der Waals surface area contributed by atoms with Crippen LogP contribution in [-0.4, -0.2) is 23.8 Å². The fourth-order valence-electron chi connectivity index (χ4n) is 2.60. The predicted molar refractivity (Wildman–Crippen MR) is 47.3 cm³/mol. The van der Waals surface area contributed by atoms with E-state index in [1.807, 2.05) is 0 Å². The average Bonchev–Trinajstić information content (AvgIpc) is 2.62. The van der Waals surface area contributed by atoms with Crippen LogP contribution in [0.2, 0.25) is 0 Å². The highest BCUT2D eigenvalue weighted by atomic mass is 16.6. The molecular weight excluding hydrogens is 168 g/mol. The van der Waals surface area contributed by atoms with Gasteiger partial charge in [0.2, 0.25) is 0 Å². The number of carbonyl (C=O) groups excluding carboxylic acids is 1. The minimum Gasteiger partial charge on any atom is -0.456 e. The molecule has 3 heteroatoms. The monoisotopic (exact) mass is 184 g/mol. The lowest BCUT2D eigenvalue weighted by molar-refractivity contribution is -0.163. The Bertz CT molecular complexity index is 226. The standard InChI is InChI=1S/C10H16O3/c1-3-10(13-7(2)11)6-8-4-5-9(10)12-8/h8-9H,3-6H2,1-2H3. The van der Waals surface area contributed by atoms with E-state index in [4.69, 9.17) is 9.47 Å². The van der Waals surface area contributed by atoms with Crippen LogP contribution in [0.5, 0.6) is 0 Å². The number of fused-ring (bicyclic) bond motifs is 2. The van der Waals surface area contributed by atoms with Gasteiger partial charge in [0, 0.05) is 13.3 Å². The van der Waals surface area contributed by atoms with E-state index >= 15 is 0 Å². The number of rotatable bonds is 2. The summed E-state index contributed by atoms with van der Waals surface area (Å²) in [6, 6.07) is 0. The quantitative estimate of drug-likeness (QED) is 0.612. The molecule has 2 fully saturated rings. The first-order chi connectivity index (χ1) is 6.16. The molecule has 0 amide bonds. The minimum absolute atomic E-state index is 0.159. The van der Waals surface area contributed by atoms with Crippen molar-refractivity contribution in [3.63, 3.8) is 0 Å². The Morgan fingerprint density at radius 1 is 1.62 bits per heavy atom. The van der Waals surface area contributed by atoms with Crippen LogP contribution in [0.25, 0.3) is 0 Å². The molecule has 0 spiro atoms. The zero-order valence-corrected chi connectivity index (χ0v) is 8.21. The zero-order valence-electron chi connectivity index (χ0n) is 8.21. The van der Waals surface area contributed by atoms with E-state index in [9.17, 15) is 4.79 Å². The fraction of sp³-hybridized carbons (Fsp3) is 0.900. The lowest BCUT2D eigenvalue weighted by Crippen LogP contribution is -2.43. The normalized spacial score (nSPS) is 42.3. The SMILES string of the molecule is CCC1(OC(C)=O)CC2CCC1O2. The topological polar surface area (TPSA) is 35.5 Å². The summed E-state index contributed by atoms with van der Waals surface area (Å²) in [6.07, 6.45) is 4.44. The van der Waals surface area contributed by atoms with Gasteiger partial charge in [-0.1, -0.05) is 6.92 Å². The van der Waals surface area contributed by atoms with Crippen LogP contribution in [-0.2, 0) is 14.3 Å². The second-order valence-electron chi connectivity index (χ2n) is 4.04. The highest BCUT2D eigenvalue weighted by Crippen LogP contribution is 2.45. The number of carbonyl (C=O) groups is 1. The van der Waals surface area contributed by atoms with Crippen LogP contribution in [0.1, 0.15) is 39.5 Å². The van der Waals surface area contributed by atoms with Gasteiger partial charge in [0.25, 0.3) is 0 Å². The van der Waals surface area contributed by atoms with Gasteiger partial charge in [0.15, 0.2) is 0 Å². The molecule has 2 rings (SSSR count). The maximum atomic E-state index is 11.0. The highest BCUT2D eigenvalue weighted by Gasteiger charge is 2.53. The van der Waals surface area contributed by atoms with Crippen molar-refractivity contribution in [1.29, 1.82) is 0 Å². The summed E-state index contributed by atoms with van der Waals surface area (Å²) in [7, 11) is 0. The Labute approximate surface area is 78.4 Å². The van der Waals surface area contributed by atoms with Gasteiger partial charge in [-0.3, -0.25) is 4.79 Å². The van der Waals surface area contributed by atoms with E-state index in [-0.39, 0.29) is 17.7 Å². The van der Waals surface area contributed by atoms with Gasteiger partial charge in [-0.2, -0.15) is 0 Å². The molecule has 2 aliphatic rings. The van der Waals surface area contributed by atoms with Crippen molar-refractivity contribution < 1.29 is 14.3 Å². The maximum Gasteiger partial charge on any atom is 0.303 e. The zero-order chi connectivity index (χ0) is 9.47. The predicted octanol–water partition coefficient (Wildman–Crippen LogP) is 1.65. The molecule has 0 aromatic rings. The van der Waals surface area contributed by atoms with Gasteiger partial charge in [0.05, 0.1) is 12.2 Å². The van der Waals surface area contributed by atoms with Crippen molar-refractivity contribution in [2.75, 3.05) is 0 Å². The number of hydrogen-bond donors (Lipinski definition) is 0. The molecule has 0 aromatic heterocycles. The lowest BCUT2D eigenvalue weighted by atomic mass is 9.82. The van der Waals surface area contributed by atoms with Crippen molar-refractivity contribution in [3.05, 3.63) is 0 Å². The highest BCUT2D eigenvalue weighted by molar-refractivity contribution is 5.66. The van der Waals surface area contributed by atoms with E-state index in [2.05, 4.69) is 6.92 Å². The molecule has 2 bridgehead atoms. The summed E-state index contributed by atoms with van der Waals surface area (Å²) in [6.45, 7) is 3.54. The summed E-state index contributed by atoms with van der Waals surface area (Å²) in [5, 5.41) is 0. The molecule has 0 saturated carbocycles. The van der Waals surface area contributed by atoms with Gasteiger partial charge in [0.1, 0.15) is 5.60 Å². The smallest absolute Gasteiger partial charge is 0.303 e. The average molecular weight is 184 g/mol. The Morgan fingerprint density at radius 3 is 2.77 bits per heavy atom. The Morgan fingerprint density at radius 2 is 2.38 bits per heavy atom. The number of hydrogen-bond acceptors (Lipinski definition) is 3. The van der Waals surface area contributed by atoms with Gasteiger partial charge < -0.3 is 9.47 Å². The first-order valence-corrected chi connectivity index (χ1v) is 5.01. The van der Waals surface area contributed by atoms with Gasteiger partial charge >= 0.3 is 5.97 Å². The van der Waals surface area contributed by atoms with E-state index in [1.54, 1.807) is 0 Å². The molecule has 0 aromatic carbocycles. The molecule has 3 atom stereocenters. The number of ether oxygens (including phenoxy) is 2. The van der Waals surface area contributed by atoms with Crippen LogP contribution in [0.3, 0.4) is 0 Å². The van der Waals surface area contributed by atoms with Crippen molar-refractivity contribution in [3.8, 4) is 0 Å². The molecule has 74 valence electrons. The largest absolute Gasteiger partial charge is 0.456 e. The van der Waals surface area contributed by atoms with Crippen molar-refractivity contribution >= 4 is 5.97 Å². The molecule has 0 radical (unpaired) electrons. The molecule has 13 heavy (non-hydrogen) atoms. The van der Waals surface area contributed by atoms with Crippen molar-refractivity contribution in [2.45, 2.75) is 57.3 Å². The van der Waals surface area contributed by atoms with Crippen LogP contribution in [0, 0.1) is 0 Å². The second kappa shape index (κ2) is 2.98. The third-order valence-electron chi connectivity index (χ3n) is 3.21. The molecule has 2 heterocycles. The summed E-state index contributed by atoms with van der Waals surface area (Å²) in [5.41, 5.74) is -0.297. The number of esters is 1. The van der Waals surface area contributed by atoms with Crippen LogP contribution in [0.15, 0.2) is 0 Å². The fourth-order valence-corrected chi connectivity index (χ4v) is 2.60. The van der Waals surface area contributed by atoms with E-state index in [0.717, 1.165) is 25.7 Å². The summed E-state index contributed by atoms with van der Waals surface area (Å²) >= 11 is 0. The molecule has 2 saturated heterocycles. The Hall–Kier alpha value is -0.570.